The molecule has 3 aromatic rings. The Balaban J connectivity index is 2.21. The lowest BCUT2D eigenvalue weighted by Crippen LogP contribution is -2.52. The van der Waals surface area contributed by atoms with Crippen LogP contribution in [0.25, 0.3) is 0 Å². The molecular weight excluding hydrogens is 398 g/mol. The standard InChI is InChI=1S/C28H29NO3/c1-21(2)19-20-25(26(30)32-3)29-27(31)28(22-13-7-4-8-14-22,23-15-9-5-10-16-23)24-17-11-6-12-18-24/h4-19,25H,20H2,1-3H3,(H,29,31)/t25-/m1/s1. The summed E-state index contributed by atoms with van der Waals surface area (Å²) in [5.74, 6) is -0.752. The predicted octanol–water partition coefficient (Wildman–Crippen LogP) is 5.04. The number of esters is 1. The number of ether oxygens (including phenoxy) is 1. The molecular formula is C28H29NO3. The second-order valence-corrected chi connectivity index (χ2v) is 7.91. The number of hydrogen-bond donors (Lipinski definition) is 1. The van der Waals surface area contributed by atoms with Crippen LogP contribution >= 0.6 is 0 Å². The van der Waals surface area contributed by atoms with E-state index >= 15 is 0 Å². The number of methoxy groups -OCH3 is 1. The summed E-state index contributed by atoms with van der Waals surface area (Å²) in [6, 6.07) is 28.2. The highest BCUT2D eigenvalue weighted by atomic mass is 16.5. The normalized spacial score (nSPS) is 11.8. The second kappa shape index (κ2) is 10.6. The van der Waals surface area contributed by atoms with Crippen LogP contribution in [-0.2, 0) is 19.7 Å². The first-order valence-corrected chi connectivity index (χ1v) is 10.7. The SMILES string of the molecule is COC(=O)[C@@H](CC=C(C)C)NC(=O)C(c1ccccc1)(c1ccccc1)c1ccccc1. The lowest BCUT2D eigenvalue weighted by atomic mass is 9.68. The van der Waals surface area contributed by atoms with Gasteiger partial charge in [-0.25, -0.2) is 4.79 Å². The van der Waals surface area contributed by atoms with Crippen LogP contribution in [0.5, 0.6) is 0 Å². The Morgan fingerprint density at radius 2 is 1.22 bits per heavy atom. The third-order valence-corrected chi connectivity index (χ3v) is 5.51. The first-order valence-electron chi connectivity index (χ1n) is 10.7. The first kappa shape index (κ1) is 23.0. The highest BCUT2D eigenvalue weighted by Crippen LogP contribution is 2.39. The third kappa shape index (κ3) is 4.80. The van der Waals surface area contributed by atoms with Crippen molar-refractivity contribution in [3.05, 3.63) is 119 Å². The quantitative estimate of drug-likeness (QED) is 0.311. The van der Waals surface area contributed by atoms with Crippen LogP contribution in [-0.4, -0.2) is 25.0 Å². The van der Waals surface area contributed by atoms with E-state index in [-0.39, 0.29) is 5.91 Å². The summed E-state index contributed by atoms with van der Waals surface area (Å²) in [4.78, 5) is 26.7. The molecule has 0 aliphatic heterocycles. The van der Waals surface area contributed by atoms with E-state index in [1.54, 1.807) is 0 Å². The molecule has 4 heteroatoms. The van der Waals surface area contributed by atoms with Gasteiger partial charge in [-0.3, -0.25) is 4.79 Å². The Hall–Kier alpha value is -3.66. The fourth-order valence-electron chi connectivity index (χ4n) is 3.93. The van der Waals surface area contributed by atoms with Crippen LogP contribution in [0.4, 0.5) is 0 Å². The van der Waals surface area contributed by atoms with Gasteiger partial charge in [0.2, 0.25) is 5.91 Å². The summed E-state index contributed by atoms with van der Waals surface area (Å²) in [6.07, 6.45) is 2.28. The zero-order valence-corrected chi connectivity index (χ0v) is 18.7. The van der Waals surface area contributed by atoms with Gasteiger partial charge in [-0.05, 0) is 37.0 Å². The highest BCUT2D eigenvalue weighted by molar-refractivity contribution is 5.98. The van der Waals surface area contributed by atoms with Crippen molar-refractivity contribution in [3.8, 4) is 0 Å². The van der Waals surface area contributed by atoms with E-state index in [2.05, 4.69) is 5.32 Å². The Kier molecular flexibility index (Phi) is 7.61. The maximum absolute atomic E-state index is 14.2. The zero-order chi connectivity index (χ0) is 23.0. The van der Waals surface area contributed by atoms with Crippen molar-refractivity contribution in [3.63, 3.8) is 0 Å². The van der Waals surface area contributed by atoms with Crippen molar-refractivity contribution in [2.75, 3.05) is 7.11 Å². The van der Waals surface area contributed by atoms with Gasteiger partial charge in [-0.15, -0.1) is 0 Å². The van der Waals surface area contributed by atoms with Gasteiger partial charge in [-0.2, -0.15) is 0 Å². The second-order valence-electron chi connectivity index (χ2n) is 7.91. The maximum atomic E-state index is 14.2. The molecule has 0 saturated heterocycles. The molecule has 0 aliphatic rings. The minimum atomic E-state index is -1.14. The molecule has 3 aromatic carbocycles. The predicted molar refractivity (Wildman–Crippen MR) is 127 cm³/mol. The van der Waals surface area contributed by atoms with Crippen molar-refractivity contribution < 1.29 is 14.3 Å². The molecule has 0 bridgehead atoms. The number of nitrogens with one attached hydrogen (secondary N) is 1. The smallest absolute Gasteiger partial charge is 0.328 e. The summed E-state index contributed by atoms with van der Waals surface area (Å²) in [7, 11) is 1.34. The van der Waals surface area contributed by atoms with E-state index in [0.29, 0.717) is 6.42 Å². The van der Waals surface area contributed by atoms with Crippen LogP contribution in [0.1, 0.15) is 37.0 Å². The van der Waals surface area contributed by atoms with E-state index in [9.17, 15) is 9.59 Å². The third-order valence-electron chi connectivity index (χ3n) is 5.51. The Morgan fingerprint density at radius 1 is 0.812 bits per heavy atom. The fourth-order valence-corrected chi connectivity index (χ4v) is 3.93. The molecule has 0 saturated carbocycles. The van der Waals surface area contributed by atoms with Gasteiger partial charge in [-0.1, -0.05) is 103 Å². The van der Waals surface area contributed by atoms with Gasteiger partial charge < -0.3 is 10.1 Å². The molecule has 1 N–H and O–H groups in total. The summed E-state index contributed by atoms with van der Waals surface area (Å²) in [5.41, 5.74) is 2.39. The van der Waals surface area contributed by atoms with Crippen molar-refractivity contribution in [2.24, 2.45) is 0 Å². The highest BCUT2D eigenvalue weighted by Gasteiger charge is 2.44. The van der Waals surface area contributed by atoms with Crippen molar-refractivity contribution in [1.82, 2.24) is 5.32 Å². The lowest BCUT2D eigenvalue weighted by molar-refractivity contribution is -0.145. The van der Waals surface area contributed by atoms with Gasteiger partial charge in [0.1, 0.15) is 11.5 Å². The number of amides is 1. The average Bonchev–Trinajstić information content (AvgIpc) is 2.83. The molecule has 0 fully saturated rings. The molecule has 0 aromatic heterocycles. The Morgan fingerprint density at radius 3 is 1.56 bits per heavy atom. The van der Waals surface area contributed by atoms with Gasteiger partial charge >= 0.3 is 5.97 Å². The number of benzene rings is 3. The topological polar surface area (TPSA) is 55.4 Å². The van der Waals surface area contributed by atoms with E-state index in [1.807, 2.05) is 111 Å². The number of carbonyl (C=O) groups is 2. The molecule has 0 spiro atoms. The molecule has 1 amide bonds. The molecule has 0 radical (unpaired) electrons. The summed E-state index contributed by atoms with van der Waals surface area (Å²) in [5, 5.41) is 3.00. The van der Waals surface area contributed by atoms with Crippen LogP contribution in [0.3, 0.4) is 0 Å². The van der Waals surface area contributed by atoms with Crippen LogP contribution < -0.4 is 5.32 Å². The molecule has 32 heavy (non-hydrogen) atoms. The van der Waals surface area contributed by atoms with E-state index in [1.165, 1.54) is 7.11 Å². The average molecular weight is 428 g/mol. The molecule has 3 rings (SSSR count). The molecule has 0 aliphatic carbocycles. The number of allylic oxidation sites excluding steroid dienone is 1. The Labute approximate surface area is 189 Å². The minimum absolute atomic E-state index is 0.279. The van der Waals surface area contributed by atoms with Gasteiger partial charge in [0.05, 0.1) is 7.11 Å². The number of carbonyl (C=O) groups excluding carboxylic acids is 2. The van der Waals surface area contributed by atoms with Crippen molar-refractivity contribution in [2.45, 2.75) is 31.7 Å². The first-order chi connectivity index (χ1) is 15.5. The summed E-state index contributed by atoms with van der Waals surface area (Å²) >= 11 is 0. The van der Waals surface area contributed by atoms with Gasteiger partial charge in [0, 0.05) is 0 Å². The number of hydrogen-bond acceptors (Lipinski definition) is 3. The summed E-state index contributed by atoms with van der Waals surface area (Å²) in [6.45, 7) is 3.91. The molecule has 4 nitrogen and oxygen atoms in total. The van der Waals surface area contributed by atoms with E-state index in [4.69, 9.17) is 4.74 Å². The van der Waals surface area contributed by atoms with Crippen molar-refractivity contribution >= 4 is 11.9 Å². The zero-order valence-electron chi connectivity index (χ0n) is 18.7. The number of rotatable bonds is 8. The monoisotopic (exact) mass is 427 g/mol. The van der Waals surface area contributed by atoms with Gasteiger partial charge in [0.15, 0.2) is 0 Å². The Bertz CT molecular complexity index is 959. The molecule has 1 atom stereocenters. The van der Waals surface area contributed by atoms with Crippen LogP contribution in [0.2, 0.25) is 0 Å². The fraction of sp³-hybridized carbons (Fsp3) is 0.214. The molecule has 164 valence electrons. The molecule has 0 heterocycles. The van der Waals surface area contributed by atoms with E-state index in [0.717, 1.165) is 22.3 Å². The van der Waals surface area contributed by atoms with Crippen molar-refractivity contribution in [1.29, 1.82) is 0 Å². The minimum Gasteiger partial charge on any atom is -0.467 e. The lowest BCUT2D eigenvalue weighted by Gasteiger charge is -2.35. The largest absolute Gasteiger partial charge is 0.467 e. The van der Waals surface area contributed by atoms with Gasteiger partial charge in [0.25, 0.3) is 0 Å². The maximum Gasteiger partial charge on any atom is 0.328 e. The van der Waals surface area contributed by atoms with E-state index < -0.39 is 17.4 Å². The summed E-state index contributed by atoms with van der Waals surface area (Å²) < 4.78 is 4.99. The van der Waals surface area contributed by atoms with Crippen LogP contribution in [0, 0.1) is 0 Å². The van der Waals surface area contributed by atoms with Crippen LogP contribution in [0.15, 0.2) is 103 Å². The molecule has 0 unspecified atom stereocenters.